The van der Waals surface area contributed by atoms with E-state index in [0.717, 1.165) is 23.3 Å². The van der Waals surface area contributed by atoms with Crippen LogP contribution in [0.4, 0.5) is 5.69 Å². The molecule has 2 rings (SSSR count). The Morgan fingerprint density at radius 3 is 2.38 bits per heavy atom. The fourth-order valence-electron chi connectivity index (χ4n) is 3.26. The van der Waals surface area contributed by atoms with E-state index in [0.29, 0.717) is 24.3 Å². The molecule has 3 N–H and O–H groups in total. The predicted molar refractivity (Wildman–Crippen MR) is 142 cm³/mol. The molecule has 0 aliphatic heterocycles. The minimum Gasteiger partial charge on any atom is -0.493 e. The Hall–Kier alpha value is -2.93. The third-order valence-corrected chi connectivity index (χ3v) is 5.46. The maximum Gasteiger partial charge on any atom is 0.251 e. The van der Waals surface area contributed by atoms with Crippen molar-refractivity contribution in [2.24, 2.45) is 5.41 Å². The highest BCUT2D eigenvalue weighted by Crippen LogP contribution is 2.24. The van der Waals surface area contributed by atoms with Crippen molar-refractivity contribution in [3.63, 3.8) is 0 Å². The molecular formula is C27H37N3O3S. The van der Waals surface area contributed by atoms with Crippen LogP contribution in [0, 0.1) is 19.3 Å². The van der Waals surface area contributed by atoms with Crippen LogP contribution >= 0.6 is 12.2 Å². The maximum absolute atomic E-state index is 12.8. The second-order valence-electron chi connectivity index (χ2n) is 10.3. The van der Waals surface area contributed by atoms with Gasteiger partial charge >= 0.3 is 0 Å². The van der Waals surface area contributed by atoms with Gasteiger partial charge < -0.3 is 20.7 Å². The number of aryl methyl sites for hydroxylation is 2. The quantitative estimate of drug-likeness (QED) is 0.340. The fourth-order valence-corrected chi connectivity index (χ4v) is 3.47. The van der Waals surface area contributed by atoms with Crippen molar-refractivity contribution < 1.29 is 14.3 Å². The Morgan fingerprint density at radius 2 is 1.71 bits per heavy atom. The second-order valence-corrected chi connectivity index (χ2v) is 10.7. The van der Waals surface area contributed by atoms with Crippen LogP contribution in [-0.2, 0) is 4.79 Å². The van der Waals surface area contributed by atoms with Crippen molar-refractivity contribution >= 4 is 34.8 Å². The molecule has 0 fully saturated rings. The van der Waals surface area contributed by atoms with Crippen molar-refractivity contribution in [3.05, 3.63) is 59.2 Å². The number of thiocarbonyl (C=S) groups is 1. The number of carbonyl (C=O) groups is 2. The standard InChI is InChI=1S/C27H37N3O3S/c1-18-12-13-19(2)22(16-18)33-15-9-14-27(6,7)24(32)29-25(34)28-21-11-8-10-20(17-21)23(31)30-26(3,4)5/h8,10-13,16-17H,9,14-15H2,1-7H3,(H,30,31)(H2,28,29,32,34). The summed E-state index contributed by atoms with van der Waals surface area (Å²) in [5.74, 6) is 0.541. The number of ether oxygens (including phenoxy) is 1. The number of nitrogens with one attached hydrogen (secondary N) is 3. The van der Waals surface area contributed by atoms with Crippen molar-refractivity contribution in [3.8, 4) is 5.75 Å². The van der Waals surface area contributed by atoms with E-state index >= 15 is 0 Å². The molecule has 0 radical (unpaired) electrons. The van der Waals surface area contributed by atoms with Gasteiger partial charge in [0.05, 0.1) is 6.61 Å². The fraction of sp³-hybridized carbons (Fsp3) is 0.444. The first kappa shape index (κ1) is 27.3. The lowest BCUT2D eigenvalue weighted by Gasteiger charge is -2.24. The highest BCUT2D eigenvalue weighted by atomic mass is 32.1. The predicted octanol–water partition coefficient (Wildman–Crippen LogP) is 5.53. The van der Waals surface area contributed by atoms with Gasteiger partial charge in [-0.05, 0) is 95.1 Å². The average molecular weight is 484 g/mol. The highest BCUT2D eigenvalue weighted by Gasteiger charge is 2.28. The molecule has 0 aliphatic carbocycles. The summed E-state index contributed by atoms with van der Waals surface area (Å²) in [7, 11) is 0. The Bertz CT molecular complexity index is 1040. The van der Waals surface area contributed by atoms with E-state index in [9.17, 15) is 9.59 Å². The van der Waals surface area contributed by atoms with Gasteiger partial charge in [0.1, 0.15) is 5.75 Å². The molecule has 0 bridgehead atoms. The summed E-state index contributed by atoms with van der Waals surface area (Å²) in [6, 6.07) is 13.1. The number of anilines is 1. The van der Waals surface area contributed by atoms with E-state index in [2.05, 4.69) is 22.0 Å². The number of rotatable bonds is 8. The van der Waals surface area contributed by atoms with Crippen LogP contribution in [-0.4, -0.2) is 29.1 Å². The summed E-state index contributed by atoms with van der Waals surface area (Å²) in [4.78, 5) is 25.2. The van der Waals surface area contributed by atoms with Gasteiger partial charge in [0, 0.05) is 22.2 Å². The molecule has 2 aromatic carbocycles. The average Bonchev–Trinajstić information content (AvgIpc) is 2.72. The van der Waals surface area contributed by atoms with Crippen LogP contribution < -0.4 is 20.7 Å². The topological polar surface area (TPSA) is 79.5 Å². The van der Waals surface area contributed by atoms with E-state index in [1.165, 1.54) is 0 Å². The van der Waals surface area contributed by atoms with Crippen molar-refractivity contribution in [2.45, 2.75) is 66.8 Å². The van der Waals surface area contributed by atoms with Crippen molar-refractivity contribution in [2.75, 3.05) is 11.9 Å². The molecule has 184 valence electrons. The van der Waals surface area contributed by atoms with Gasteiger partial charge in [-0.3, -0.25) is 9.59 Å². The normalized spacial score (nSPS) is 11.5. The lowest BCUT2D eigenvalue weighted by Crippen LogP contribution is -2.42. The molecule has 6 nitrogen and oxygen atoms in total. The first-order valence-electron chi connectivity index (χ1n) is 11.5. The summed E-state index contributed by atoms with van der Waals surface area (Å²) in [5, 5.41) is 8.89. The van der Waals surface area contributed by atoms with E-state index in [1.54, 1.807) is 24.3 Å². The molecule has 0 heterocycles. The Labute approximate surface area is 208 Å². The maximum atomic E-state index is 12.8. The van der Waals surface area contributed by atoms with Gasteiger partial charge in [-0.2, -0.15) is 0 Å². The molecular weight excluding hydrogens is 446 g/mol. The number of benzene rings is 2. The van der Waals surface area contributed by atoms with Gasteiger partial charge in [-0.15, -0.1) is 0 Å². The first-order valence-corrected chi connectivity index (χ1v) is 11.9. The van der Waals surface area contributed by atoms with Crippen LogP contribution in [0.5, 0.6) is 5.75 Å². The van der Waals surface area contributed by atoms with Crippen molar-refractivity contribution in [1.29, 1.82) is 0 Å². The van der Waals surface area contributed by atoms with Crippen molar-refractivity contribution in [1.82, 2.24) is 10.6 Å². The minimum absolute atomic E-state index is 0.168. The van der Waals surface area contributed by atoms with Gasteiger partial charge in [-0.1, -0.05) is 32.0 Å². The van der Waals surface area contributed by atoms with Gasteiger partial charge in [0.2, 0.25) is 5.91 Å². The van der Waals surface area contributed by atoms with E-state index in [-0.39, 0.29) is 22.5 Å². The lowest BCUT2D eigenvalue weighted by atomic mass is 9.87. The van der Waals surface area contributed by atoms with Crippen LogP contribution in [0.2, 0.25) is 0 Å². The van der Waals surface area contributed by atoms with Gasteiger partial charge in [0.15, 0.2) is 5.11 Å². The summed E-state index contributed by atoms with van der Waals surface area (Å²) in [6.07, 6.45) is 1.38. The molecule has 0 aliphatic rings. The summed E-state index contributed by atoms with van der Waals surface area (Å²) in [6.45, 7) is 14.1. The second kappa shape index (κ2) is 11.5. The van der Waals surface area contributed by atoms with Crippen LogP contribution in [0.15, 0.2) is 42.5 Å². The molecule has 0 saturated carbocycles. The molecule has 34 heavy (non-hydrogen) atoms. The number of carbonyl (C=O) groups excluding carboxylic acids is 2. The number of hydrogen-bond acceptors (Lipinski definition) is 4. The van der Waals surface area contributed by atoms with Gasteiger partial charge in [0.25, 0.3) is 5.91 Å². The zero-order valence-electron chi connectivity index (χ0n) is 21.3. The van der Waals surface area contributed by atoms with E-state index in [4.69, 9.17) is 17.0 Å². The van der Waals surface area contributed by atoms with Crippen LogP contribution in [0.3, 0.4) is 0 Å². The zero-order valence-corrected chi connectivity index (χ0v) is 22.1. The van der Waals surface area contributed by atoms with Gasteiger partial charge in [-0.25, -0.2) is 0 Å². The largest absolute Gasteiger partial charge is 0.493 e. The third kappa shape index (κ3) is 8.78. The smallest absolute Gasteiger partial charge is 0.251 e. The molecule has 0 saturated heterocycles. The van der Waals surface area contributed by atoms with Crippen LogP contribution in [0.1, 0.15) is 68.9 Å². The monoisotopic (exact) mass is 483 g/mol. The molecule has 2 aromatic rings. The Morgan fingerprint density at radius 1 is 1.00 bits per heavy atom. The zero-order chi connectivity index (χ0) is 25.5. The van der Waals surface area contributed by atoms with E-state index < -0.39 is 5.41 Å². The van der Waals surface area contributed by atoms with Crippen LogP contribution in [0.25, 0.3) is 0 Å². The summed E-state index contributed by atoms with van der Waals surface area (Å²) < 4.78 is 5.91. The first-order chi connectivity index (χ1) is 15.8. The Balaban J connectivity index is 1.86. The summed E-state index contributed by atoms with van der Waals surface area (Å²) >= 11 is 5.34. The molecule has 2 amide bonds. The Kier molecular flexibility index (Phi) is 9.21. The third-order valence-electron chi connectivity index (χ3n) is 5.26. The van der Waals surface area contributed by atoms with E-state index in [1.807, 2.05) is 60.6 Å². The molecule has 0 spiro atoms. The molecule has 7 heteroatoms. The number of hydrogen-bond donors (Lipinski definition) is 3. The molecule has 0 aromatic heterocycles. The minimum atomic E-state index is -0.620. The summed E-state index contributed by atoms with van der Waals surface area (Å²) in [5.41, 5.74) is 2.44. The highest BCUT2D eigenvalue weighted by molar-refractivity contribution is 7.80. The number of amides is 2. The lowest BCUT2D eigenvalue weighted by molar-refractivity contribution is -0.128. The molecule has 0 atom stereocenters. The molecule has 0 unspecified atom stereocenters. The SMILES string of the molecule is Cc1ccc(C)c(OCCCC(C)(C)C(=O)NC(=S)Nc2cccc(C(=O)NC(C)(C)C)c2)c1.